The fourth-order valence-corrected chi connectivity index (χ4v) is 2.42. The van der Waals surface area contributed by atoms with Crippen molar-refractivity contribution < 1.29 is 4.74 Å². The molecule has 1 saturated heterocycles. The summed E-state index contributed by atoms with van der Waals surface area (Å²) in [7, 11) is 0. The van der Waals surface area contributed by atoms with E-state index in [1.165, 1.54) is 32.1 Å². The molecule has 1 aliphatic heterocycles. The smallest absolute Gasteiger partial charge is 0.0844 e. The minimum atomic E-state index is 0.616. The van der Waals surface area contributed by atoms with Crippen LogP contribution in [0.1, 0.15) is 32.1 Å². The molecule has 1 nitrogen and oxygen atoms in total. The summed E-state index contributed by atoms with van der Waals surface area (Å²) in [5, 5.41) is 0. The van der Waals surface area contributed by atoms with Crippen LogP contribution >= 0.6 is 11.6 Å². The van der Waals surface area contributed by atoms with Crippen LogP contribution in [0.3, 0.4) is 0 Å². The van der Waals surface area contributed by atoms with E-state index in [9.17, 15) is 0 Å². The predicted octanol–water partition coefficient (Wildman–Crippen LogP) is 2.57. The van der Waals surface area contributed by atoms with Gasteiger partial charge in [0.25, 0.3) is 0 Å². The third kappa shape index (κ3) is 1.88. The van der Waals surface area contributed by atoms with Gasteiger partial charge in [-0.1, -0.05) is 12.8 Å². The molecule has 2 rings (SSSR count). The molecule has 3 atom stereocenters. The van der Waals surface area contributed by atoms with Gasteiger partial charge >= 0.3 is 0 Å². The van der Waals surface area contributed by atoms with Gasteiger partial charge in [0.05, 0.1) is 12.2 Å². The number of rotatable bonds is 2. The topological polar surface area (TPSA) is 12.5 Å². The minimum Gasteiger partial charge on any atom is -0.370 e. The van der Waals surface area contributed by atoms with Crippen LogP contribution in [0.15, 0.2) is 0 Å². The molecule has 1 saturated carbocycles. The zero-order chi connectivity index (χ0) is 7.68. The van der Waals surface area contributed by atoms with Gasteiger partial charge in [-0.2, -0.15) is 0 Å². The molecule has 2 fully saturated rings. The van der Waals surface area contributed by atoms with Gasteiger partial charge in [-0.15, -0.1) is 11.6 Å². The summed E-state index contributed by atoms with van der Waals surface area (Å²) in [6.07, 6.45) is 7.74. The lowest BCUT2D eigenvalue weighted by Gasteiger charge is -2.11. The summed E-state index contributed by atoms with van der Waals surface area (Å²) < 4.78 is 5.49. The number of hydrogen-bond donors (Lipinski definition) is 0. The van der Waals surface area contributed by atoms with E-state index in [2.05, 4.69) is 0 Å². The summed E-state index contributed by atoms with van der Waals surface area (Å²) in [6, 6.07) is 0. The van der Waals surface area contributed by atoms with Crippen LogP contribution in [0.4, 0.5) is 0 Å². The number of halogens is 1. The van der Waals surface area contributed by atoms with E-state index in [0.29, 0.717) is 12.2 Å². The van der Waals surface area contributed by atoms with Crippen molar-refractivity contribution in [1.29, 1.82) is 0 Å². The van der Waals surface area contributed by atoms with Crippen LogP contribution in [0.5, 0.6) is 0 Å². The molecule has 0 N–H and O–H groups in total. The molecular formula is C9H15ClO. The van der Waals surface area contributed by atoms with Crippen molar-refractivity contribution in [3.05, 3.63) is 0 Å². The van der Waals surface area contributed by atoms with Crippen LogP contribution in [-0.4, -0.2) is 18.1 Å². The van der Waals surface area contributed by atoms with Gasteiger partial charge in [0, 0.05) is 5.88 Å². The highest BCUT2D eigenvalue weighted by Gasteiger charge is 2.41. The Balaban J connectivity index is 1.81. The van der Waals surface area contributed by atoms with Gasteiger partial charge in [0.2, 0.25) is 0 Å². The van der Waals surface area contributed by atoms with Crippen LogP contribution < -0.4 is 0 Å². The van der Waals surface area contributed by atoms with Crippen molar-refractivity contribution >= 4 is 11.6 Å². The Hall–Kier alpha value is 0.250. The number of fused-ring (bicyclic) bond motifs is 1. The normalized spacial score (nSPS) is 42.8. The maximum Gasteiger partial charge on any atom is 0.0844 e. The fraction of sp³-hybridized carbons (Fsp3) is 1.00. The van der Waals surface area contributed by atoms with Gasteiger partial charge in [-0.25, -0.2) is 0 Å². The second-order valence-electron chi connectivity index (χ2n) is 3.72. The Labute approximate surface area is 73.1 Å². The summed E-state index contributed by atoms with van der Waals surface area (Å²) in [4.78, 5) is 0. The van der Waals surface area contributed by atoms with Crippen molar-refractivity contribution in [2.45, 2.75) is 44.3 Å². The highest BCUT2D eigenvalue weighted by molar-refractivity contribution is 6.17. The Kier molecular flexibility index (Phi) is 2.38. The zero-order valence-corrected chi connectivity index (χ0v) is 7.52. The molecule has 0 bridgehead atoms. The monoisotopic (exact) mass is 174 g/mol. The maximum absolute atomic E-state index is 5.71. The lowest BCUT2D eigenvalue weighted by atomic mass is 9.97. The Morgan fingerprint density at radius 2 is 2.18 bits per heavy atom. The highest BCUT2D eigenvalue weighted by atomic mass is 35.5. The molecule has 11 heavy (non-hydrogen) atoms. The molecule has 0 spiro atoms. The largest absolute Gasteiger partial charge is 0.370 e. The van der Waals surface area contributed by atoms with Crippen LogP contribution in [-0.2, 0) is 4.74 Å². The van der Waals surface area contributed by atoms with Crippen LogP contribution in [0, 0.1) is 5.92 Å². The van der Waals surface area contributed by atoms with E-state index < -0.39 is 0 Å². The van der Waals surface area contributed by atoms with Crippen LogP contribution in [0.2, 0.25) is 0 Å². The molecule has 0 aromatic rings. The maximum atomic E-state index is 5.71. The minimum absolute atomic E-state index is 0.616. The van der Waals surface area contributed by atoms with Crippen molar-refractivity contribution in [3.63, 3.8) is 0 Å². The lowest BCUT2D eigenvalue weighted by Crippen LogP contribution is -2.03. The molecule has 1 aliphatic carbocycles. The molecule has 3 unspecified atom stereocenters. The highest BCUT2D eigenvalue weighted by Crippen LogP contribution is 2.38. The van der Waals surface area contributed by atoms with E-state index in [0.717, 1.165) is 11.8 Å². The molecule has 2 heteroatoms. The quantitative estimate of drug-likeness (QED) is 0.463. The van der Waals surface area contributed by atoms with E-state index in [1.807, 2.05) is 0 Å². The SMILES string of the molecule is ClCCC1CCCC2OC2C1. The number of alkyl halides is 1. The predicted molar refractivity (Wildman–Crippen MR) is 46.0 cm³/mol. The van der Waals surface area contributed by atoms with E-state index in [-0.39, 0.29) is 0 Å². The summed E-state index contributed by atoms with van der Waals surface area (Å²) in [6.45, 7) is 0. The Morgan fingerprint density at radius 3 is 3.00 bits per heavy atom. The third-order valence-corrected chi connectivity index (χ3v) is 3.09. The van der Waals surface area contributed by atoms with Crippen molar-refractivity contribution in [2.75, 3.05) is 5.88 Å². The van der Waals surface area contributed by atoms with E-state index >= 15 is 0 Å². The molecule has 0 amide bonds. The van der Waals surface area contributed by atoms with Gasteiger partial charge in [0.15, 0.2) is 0 Å². The average Bonchev–Trinajstić information content (AvgIpc) is 2.65. The van der Waals surface area contributed by atoms with Gasteiger partial charge in [-0.3, -0.25) is 0 Å². The van der Waals surface area contributed by atoms with E-state index in [4.69, 9.17) is 16.3 Å². The summed E-state index contributed by atoms with van der Waals surface area (Å²) >= 11 is 5.71. The Morgan fingerprint density at radius 1 is 1.27 bits per heavy atom. The second-order valence-corrected chi connectivity index (χ2v) is 4.10. The number of epoxide rings is 1. The van der Waals surface area contributed by atoms with Crippen molar-refractivity contribution in [2.24, 2.45) is 5.92 Å². The van der Waals surface area contributed by atoms with Gasteiger partial charge in [-0.05, 0) is 25.2 Å². The Bertz CT molecular complexity index is 138. The first kappa shape index (κ1) is 7.88. The number of ether oxygens (including phenoxy) is 1. The molecule has 1 heterocycles. The zero-order valence-electron chi connectivity index (χ0n) is 6.76. The summed E-state index contributed by atoms with van der Waals surface area (Å²) in [5.41, 5.74) is 0. The summed E-state index contributed by atoms with van der Waals surface area (Å²) in [5.74, 6) is 1.67. The van der Waals surface area contributed by atoms with Crippen LogP contribution in [0.25, 0.3) is 0 Å². The lowest BCUT2D eigenvalue weighted by molar-refractivity contribution is 0.295. The van der Waals surface area contributed by atoms with E-state index in [1.54, 1.807) is 0 Å². The van der Waals surface area contributed by atoms with Crippen molar-refractivity contribution in [1.82, 2.24) is 0 Å². The molecule has 0 radical (unpaired) electrons. The average molecular weight is 175 g/mol. The molecular weight excluding hydrogens is 160 g/mol. The first-order valence-electron chi connectivity index (χ1n) is 4.61. The molecule has 64 valence electrons. The van der Waals surface area contributed by atoms with Gasteiger partial charge < -0.3 is 4.74 Å². The molecule has 0 aromatic heterocycles. The van der Waals surface area contributed by atoms with Crippen molar-refractivity contribution in [3.8, 4) is 0 Å². The third-order valence-electron chi connectivity index (χ3n) is 2.87. The fourth-order valence-electron chi connectivity index (χ4n) is 2.11. The second kappa shape index (κ2) is 3.32. The standard InChI is InChI=1S/C9H15ClO/c10-5-4-7-2-1-3-8-9(6-7)11-8/h7-9H,1-6H2. The molecule has 2 aliphatic rings. The number of hydrogen-bond acceptors (Lipinski definition) is 1. The first-order chi connectivity index (χ1) is 5.40. The molecule has 0 aromatic carbocycles. The first-order valence-corrected chi connectivity index (χ1v) is 5.15. The van der Waals surface area contributed by atoms with Gasteiger partial charge in [0.1, 0.15) is 0 Å².